The molecule has 1 heterocycles. The van der Waals surface area contributed by atoms with Crippen LogP contribution in [0.4, 0.5) is 0 Å². The van der Waals surface area contributed by atoms with Gasteiger partial charge >= 0.3 is 0 Å². The second kappa shape index (κ2) is 7.36. The smallest absolute Gasteiger partial charge is 0.272 e. The number of nitrogens with zero attached hydrogens (tertiary/aromatic N) is 3. The zero-order valence-electron chi connectivity index (χ0n) is 13.0. The molecule has 116 valence electrons. The number of halogens is 1. The van der Waals surface area contributed by atoms with Gasteiger partial charge in [-0.3, -0.25) is 9.59 Å². The van der Waals surface area contributed by atoms with E-state index in [9.17, 15) is 9.59 Å². The predicted molar refractivity (Wildman–Crippen MR) is 81.4 cm³/mol. The maximum absolute atomic E-state index is 12.2. The van der Waals surface area contributed by atoms with Crippen molar-refractivity contribution in [2.45, 2.75) is 39.7 Å². The fraction of sp³-hybridized carbons (Fsp3) is 0.571. The lowest BCUT2D eigenvalue weighted by Gasteiger charge is -2.20. The lowest BCUT2D eigenvalue weighted by atomic mass is 10.2. The van der Waals surface area contributed by atoms with Gasteiger partial charge < -0.3 is 10.2 Å². The number of likely N-dealkylation sites (N-methyl/N-ethyl adjacent to an activating group) is 1. The van der Waals surface area contributed by atoms with E-state index in [1.54, 1.807) is 14.0 Å². The fourth-order valence-corrected chi connectivity index (χ4v) is 1.81. The van der Waals surface area contributed by atoms with Crippen molar-refractivity contribution in [1.29, 1.82) is 0 Å². The zero-order valence-corrected chi connectivity index (χ0v) is 13.7. The Hall–Kier alpha value is -1.69. The molecule has 2 amide bonds. The van der Waals surface area contributed by atoms with E-state index in [4.69, 9.17) is 11.6 Å². The van der Waals surface area contributed by atoms with Crippen molar-refractivity contribution in [2.24, 2.45) is 0 Å². The maximum atomic E-state index is 12.2. The van der Waals surface area contributed by atoms with Gasteiger partial charge in [0.25, 0.3) is 5.91 Å². The molecule has 0 aromatic carbocycles. The number of amides is 2. The molecule has 0 bridgehead atoms. The van der Waals surface area contributed by atoms with Crippen LogP contribution < -0.4 is 5.32 Å². The van der Waals surface area contributed by atoms with Gasteiger partial charge in [0.1, 0.15) is 17.6 Å². The monoisotopic (exact) mass is 312 g/mol. The van der Waals surface area contributed by atoms with E-state index in [2.05, 4.69) is 15.3 Å². The first-order chi connectivity index (χ1) is 9.77. The van der Waals surface area contributed by atoms with Crippen LogP contribution in [-0.2, 0) is 4.79 Å². The Morgan fingerprint density at radius 1 is 1.38 bits per heavy atom. The van der Waals surface area contributed by atoms with Crippen LogP contribution in [0.1, 0.15) is 49.9 Å². The Morgan fingerprint density at radius 3 is 2.52 bits per heavy atom. The minimum atomic E-state index is -0.643. The Balaban J connectivity index is 2.89. The van der Waals surface area contributed by atoms with E-state index in [0.717, 1.165) is 0 Å². The summed E-state index contributed by atoms with van der Waals surface area (Å²) in [6.45, 7) is 7.92. The Kier molecular flexibility index (Phi) is 6.08. The van der Waals surface area contributed by atoms with Gasteiger partial charge in [0.15, 0.2) is 0 Å². The first-order valence-electron chi connectivity index (χ1n) is 6.86. The molecule has 1 N–H and O–H groups in total. The van der Waals surface area contributed by atoms with Crippen LogP contribution in [-0.4, -0.2) is 46.3 Å². The molecule has 0 aliphatic carbocycles. The Labute approximate surface area is 129 Å². The zero-order chi connectivity index (χ0) is 16.2. The van der Waals surface area contributed by atoms with Gasteiger partial charge in [-0.1, -0.05) is 25.4 Å². The van der Waals surface area contributed by atoms with E-state index in [1.807, 2.05) is 20.8 Å². The topological polar surface area (TPSA) is 75.2 Å². The van der Waals surface area contributed by atoms with Gasteiger partial charge in [-0.15, -0.1) is 0 Å². The summed E-state index contributed by atoms with van der Waals surface area (Å²) in [7, 11) is 1.68. The summed E-state index contributed by atoms with van der Waals surface area (Å²) in [6.07, 6.45) is 1.41. The number of nitrogens with one attached hydrogen (secondary N) is 1. The van der Waals surface area contributed by atoms with E-state index in [1.165, 1.54) is 11.1 Å². The van der Waals surface area contributed by atoms with E-state index >= 15 is 0 Å². The van der Waals surface area contributed by atoms with Crippen LogP contribution >= 0.6 is 11.6 Å². The van der Waals surface area contributed by atoms with Crippen molar-refractivity contribution < 1.29 is 9.59 Å². The predicted octanol–water partition coefficient (Wildman–Crippen LogP) is 1.85. The first kappa shape index (κ1) is 17.4. The third-order valence-corrected chi connectivity index (χ3v) is 3.34. The average molecular weight is 313 g/mol. The van der Waals surface area contributed by atoms with Crippen molar-refractivity contribution in [1.82, 2.24) is 20.2 Å². The highest BCUT2D eigenvalue weighted by Crippen LogP contribution is 2.16. The van der Waals surface area contributed by atoms with Gasteiger partial charge in [0.2, 0.25) is 5.91 Å². The summed E-state index contributed by atoms with van der Waals surface area (Å²) in [5, 5.41) is 2.78. The molecule has 0 fully saturated rings. The van der Waals surface area contributed by atoms with Crippen molar-refractivity contribution >= 4 is 23.4 Å². The van der Waals surface area contributed by atoms with Crippen molar-refractivity contribution in [3.8, 4) is 0 Å². The summed E-state index contributed by atoms with van der Waals surface area (Å²) < 4.78 is 0. The lowest BCUT2D eigenvalue weighted by Crippen LogP contribution is -2.45. The number of carbonyl (C=O) groups excluding carboxylic acids is 2. The first-order valence-corrected chi connectivity index (χ1v) is 7.24. The number of aromatic nitrogens is 2. The van der Waals surface area contributed by atoms with Crippen LogP contribution in [0.3, 0.4) is 0 Å². The third kappa shape index (κ3) is 4.39. The summed E-state index contributed by atoms with van der Waals surface area (Å²) in [4.78, 5) is 33.9. The van der Waals surface area contributed by atoms with Crippen LogP contribution in [0.2, 0.25) is 5.02 Å². The van der Waals surface area contributed by atoms with Gasteiger partial charge in [0.05, 0.1) is 11.2 Å². The third-order valence-electron chi connectivity index (χ3n) is 3.06. The highest BCUT2D eigenvalue weighted by molar-refractivity contribution is 6.33. The quantitative estimate of drug-likeness (QED) is 0.900. The fourth-order valence-electron chi connectivity index (χ4n) is 1.63. The Morgan fingerprint density at radius 2 is 2.00 bits per heavy atom. The van der Waals surface area contributed by atoms with Crippen LogP contribution in [0.15, 0.2) is 6.20 Å². The van der Waals surface area contributed by atoms with Crippen molar-refractivity contribution in [3.63, 3.8) is 0 Å². The average Bonchev–Trinajstić information content (AvgIpc) is 2.45. The molecular weight excluding hydrogens is 292 g/mol. The van der Waals surface area contributed by atoms with Gasteiger partial charge in [0, 0.05) is 19.5 Å². The standard InChI is InChI=1S/C14H21ClN4O2/c1-6-19(5)14(21)9(4)17-13(20)11-10(15)7-16-12(18-11)8(2)3/h7-9H,6H2,1-5H3,(H,17,20). The van der Waals surface area contributed by atoms with Crippen molar-refractivity contribution in [2.75, 3.05) is 13.6 Å². The van der Waals surface area contributed by atoms with Gasteiger partial charge in [-0.05, 0) is 13.8 Å². The normalized spacial score (nSPS) is 12.1. The molecule has 6 nitrogen and oxygen atoms in total. The second-order valence-electron chi connectivity index (χ2n) is 5.13. The highest BCUT2D eigenvalue weighted by atomic mass is 35.5. The SMILES string of the molecule is CCN(C)C(=O)C(C)NC(=O)c1nc(C(C)C)ncc1Cl. The highest BCUT2D eigenvalue weighted by Gasteiger charge is 2.22. The molecule has 7 heteroatoms. The number of carbonyl (C=O) groups is 2. The molecule has 1 aromatic rings. The summed E-state index contributed by atoms with van der Waals surface area (Å²) >= 11 is 5.97. The van der Waals surface area contributed by atoms with Crippen molar-refractivity contribution in [3.05, 3.63) is 22.7 Å². The molecule has 0 spiro atoms. The van der Waals surface area contributed by atoms with Crippen LogP contribution in [0.5, 0.6) is 0 Å². The molecule has 1 atom stereocenters. The minimum Gasteiger partial charge on any atom is -0.344 e. The lowest BCUT2D eigenvalue weighted by molar-refractivity contribution is -0.131. The Bertz CT molecular complexity index is 534. The molecule has 1 unspecified atom stereocenters. The largest absolute Gasteiger partial charge is 0.344 e. The molecule has 0 aliphatic heterocycles. The molecule has 0 radical (unpaired) electrons. The molecule has 21 heavy (non-hydrogen) atoms. The van der Waals surface area contributed by atoms with Gasteiger partial charge in [-0.2, -0.15) is 0 Å². The second-order valence-corrected chi connectivity index (χ2v) is 5.53. The van der Waals surface area contributed by atoms with E-state index in [-0.39, 0.29) is 22.5 Å². The number of rotatable bonds is 5. The molecular formula is C14H21ClN4O2. The summed E-state index contributed by atoms with van der Waals surface area (Å²) in [5.74, 6) is -0.0249. The van der Waals surface area contributed by atoms with E-state index in [0.29, 0.717) is 12.4 Å². The summed E-state index contributed by atoms with van der Waals surface area (Å²) in [6, 6.07) is -0.643. The molecule has 1 aromatic heterocycles. The molecule has 0 saturated carbocycles. The summed E-state index contributed by atoms with van der Waals surface area (Å²) in [5.41, 5.74) is 0.0918. The van der Waals surface area contributed by atoms with Crippen LogP contribution in [0, 0.1) is 0 Å². The van der Waals surface area contributed by atoms with E-state index < -0.39 is 11.9 Å². The van der Waals surface area contributed by atoms with Crippen LogP contribution in [0.25, 0.3) is 0 Å². The van der Waals surface area contributed by atoms with Gasteiger partial charge in [-0.25, -0.2) is 9.97 Å². The number of hydrogen-bond acceptors (Lipinski definition) is 4. The maximum Gasteiger partial charge on any atom is 0.272 e. The molecule has 0 aliphatic rings. The molecule has 0 saturated heterocycles. The number of hydrogen-bond donors (Lipinski definition) is 1. The molecule has 1 rings (SSSR count). The minimum absolute atomic E-state index is 0.0825.